The first-order valence-corrected chi connectivity index (χ1v) is 11.9. The number of hydrogen-bond acceptors (Lipinski definition) is 3. The lowest BCUT2D eigenvalue weighted by atomic mass is 10.0. The molecule has 0 aromatic heterocycles. The predicted molar refractivity (Wildman–Crippen MR) is 134 cm³/mol. The van der Waals surface area contributed by atoms with Crippen LogP contribution in [-0.2, 0) is 22.6 Å². The Morgan fingerprint density at radius 1 is 0.941 bits per heavy atom. The molecule has 2 amide bonds. The largest absolute Gasteiger partial charge is 0.481 e. The Balaban J connectivity index is 1.91. The summed E-state index contributed by atoms with van der Waals surface area (Å²) in [5.74, 6) is -1.22. The molecular formula is C27H28BrFN2O3. The molecule has 0 spiro atoms. The van der Waals surface area contributed by atoms with Crippen LogP contribution in [0.3, 0.4) is 0 Å². The molecule has 5 nitrogen and oxygen atoms in total. The summed E-state index contributed by atoms with van der Waals surface area (Å²) < 4.78 is 20.4. The van der Waals surface area contributed by atoms with Crippen molar-refractivity contribution >= 4 is 27.7 Å². The molecule has 0 heterocycles. The SMILES string of the molecule is CC(C)NC(=O)[C@@H](Cc1ccccc1)N(Cc1ccc(Br)cc1)C(=O)COc1ccccc1F. The molecule has 0 bridgehead atoms. The van der Waals surface area contributed by atoms with Gasteiger partial charge in [0.15, 0.2) is 18.2 Å². The van der Waals surface area contributed by atoms with Crippen LogP contribution in [0.5, 0.6) is 5.75 Å². The summed E-state index contributed by atoms with van der Waals surface area (Å²) in [6.45, 7) is 3.56. The Bertz CT molecular complexity index is 1090. The molecular weight excluding hydrogens is 499 g/mol. The molecule has 34 heavy (non-hydrogen) atoms. The fourth-order valence-electron chi connectivity index (χ4n) is 3.51. The zero-order valence-corrected chi connectivity index (χ0v) is 20.8. The highest BCUT2D eigenvalue weighted by atomic mass is 79.9. The number of para-hydroxylation sites is 1. The minimum absolute atomic E-state index is 0.00863. The van der Waals surface area contributed by atoms with E-state index in [0.717, 1.165) is 15.6 Å². The van der Waals surface area contributed by atoms with Gasteiger partial charge in [-0.15, -0.1) is 0 Å². The van der Waals surface area contributed by atoms with Crippen molar-refractivity contribution in [2.24, 2.45) is 0 Å². The van der Waals surface area contributed by atoms with Gasteiger partial charge in [-0.25, -0.2) is 4.39 Å². The summed E-state index contributed by atoms with van der Waals surface area (Å²) in [7, 11) is 0. The van der Waals surface area contributed by atoms with Crippen molar-refractivity contribution in [1.82, 2.24) is 10.2 Å². The Morgan fingerprint density at radius 2 is 1.59 bits per heavy atom. The summed E-state index contributed by atoms with van der Waals surface area (Å²) in [5.41, 5.74) is 1.79. The summed E-state index contributed by atoms with van der Waals surface area (Å²) >= 11 is 3.42. The zero-order chi connectivity index (χ0) is 24.5. The van der Waals surface area contributed by atoms with Crippen LogP contribution in [0.1, 0.15) is 25.0 Å². The molecule has 1 N–H and O–H groups in total. The van der Waals surface area contributed by atoms with E-state index in [9.17, 15) is 14.0 Å². The fourth-order valence-corrected chi connectivity index (χ4v) is 3.77. The van der Waals surface area contributed by atoms with Gasteiger partial charge in [-0.1, -0.05) is 70.5 Å². The van der Waals surface area contributed by atoms with Crippen LogP contribution in [0.2, 0.25) is 0 Å². The van der Waals surface area contributed by atoms with E-state index in [-0.39, 0.29) is 24.2 Å². The first-order valence-electron chi connectivity index (χ1n) is 11.1. The van der Waals surface area contributed by atoms with E-state index >= 15 is 0 Å². The van der Waals surface area contributed by atoms with Crippen LogP contribution in [0.25, 0.3) is 0 Å². The number of hydrogen-bond donors (Lipinski definition) is 1. The molecule has 0 saturated heterocycles. The average Bonchev–Trinajstić information content (AvgIpc) is 2.82. The Morgan fingerprint density at radius 3 is 2.24 bits per heavy atom. The molecule has 0 fully saturated rings. The quantitative estimate of drug-likeness (QED) is 0.398. The fraction of sp³-hybridized carbons (Fsp3) is 0.259. The maximum atomic E-state index is 14.0. The Hall–Kier alpha value is -3.19. The number of halogens is 2. The van der Waals surface area contributed by atoms with Crippen LogP contribution in [0.15, 0.2) is 83.3 Å². The van der Waals surface area contributed by atoms with Gasteiger partial charge in [-0.3, -0.25) is 9.59 Å². The molecule has 0 saturated carbocycles. The highest BCUT2D eigenvalue weighted by molar-refractivity contribution is 9.10. The van der Waals surface area contributed by atoms with Gasteiger partial charge in [0.2, 0.25) is 5.91 Å². The van der Waals surface area contributed by atoms with E-state index in [0.29, 0.717) is 6.42 Å². The third-order valence-electron chi connectivity index (χ3n) is 5.16. The second-order valence-corrected chi connectivity index (χ2v) is 9.15. The normalized spacial score (nSPS) is 11.7. The van der Waals surface area contributed by atoms with Crippen molar-refractivity contribution < 1.29 is 18.7 Å². The maximum Gasteiger partial charge on any atom is 0.261 e. The van der Waals surface area contributed by atoms with E-state index in [1.807, 2.05) is 68.4 Å². The van der Waals surface area contributed by atoms with Crippen LogP contribution in [-0.4, -0.2) is 35.4 Å². The first kappa shape index (κ1) is 25.4. The first-order chi connectivity index (χ1) is 16.3. The summed E-state index contributed by atoms with van der Waals surface area (Å²) in [5, 5.41) is 2.94. The molecule has 1 atom stereocenters. The second kappa shape index (κ2) is 12.3. The van der Waals surface area contributed by atoms with Gasteiger partial charge >= 0.3 is 0 Å². The van der Waals surface area contributed by atoms with Crippen LogP contribution in [0.4, 0.5) is 4.39 Å². The molecule has 0 unspecified atom stereocenters. The molecule has 0 aliphatic heterocycles. The number of benzene rings is 3. The van der Waals surface area contributed by atoms with Gasteiger partial charge in [0, 0.05) is 23.5 Å². The average molecular weight is 527 g/mol. The lowest BCUT2D eigenvalue weighted by Gasteiger charge is -2.32. The van der Waals surface area contributed by atoms with Crippen molar-refractivity contribution in [1.29, 1.82) is 0 Å². The number of nitrogens with one attached hydrogen (secondary N) is 1. The standard InChI is InChI=1S/C27H28BrFN2O3/c1-19(2)30-27(33)24(16-20-8-4-3-5-9-20)31(17-21-12-14-22(28)15-13-21)26(32)18-34-25-11-7-6-10-23(25)29/h3-15,19,24H,16-18H2,1-2H3,(H,30,33)/t24-/m1/s1. The van der Waals surface area contributed by atoms with Crippen LogP contribution >= 0.6 is 15.9 Å². The van der Waals surface area contributed by atoms with Crippen molar-refractivity contribution in [3.63, 3.8) is 0 Å². The van der Waals surface area contributed by atoms with Crippen LogP contribution < -0.4 is 10.1 Å². The van der Waals surface area contributed by atoms with E-state index in [4.69, 9.17) is 4.74 Å². The molecule has 0 radical (unpaired) electrons. The molecule has 7 heteroatoms. The minimum Gasteiger partial charge on any atom is -0.481 e. The van der Waals surface area contributed by atoms with Crippen molar-refractivity contribution in [2.75, 3.05) is 6.61 Å². The van der Waals surface area contributed by atoms with Crippen molar-refractivity contribution in [3.05, 3.63) is 100 Å². The highest BCUT2D eigenvalue weighted by Crippen LogP contribution is 2.19. The lowest BCUT2D eigenvalue weighted by molar-refractivity contribution is -0.143. The lowest BCUT2D eigenvalue weighted by Crippen LogP contribution is -2.52. The molecule has 3 aromatic carbocycles. The second-order valence-electron chi connectivity index (χ2n) is 8.24. The molecule has 3 aromatic rings. The number of amides is 2. The Kier molecular flexibility index (Phi) is 9.22. The van der Waals surface area contributed by atoms with Gasteiger partial charge in [0.05, 0.1) is 0 Å². The van der Waals surface area contributed by atoms with E-state index in [2.05, 4.69) is 21.2 Å². The van der Waals surface area contributed by atoms with E-state index < -0.39 is 24.4 Å². The number of ether oxygens (including phenoxy) is 1. The third kappa shape index (κ3) is 7.42. The van der Waals surface area contributed by atoms with Crippen molar-refractivity contribution in [3.8, 4) is 5.75 Å². The number of carbonyl (C=O) groups is 2. The number of rotatable bonds is 10. The smallest absolute Gasteiger partial charge is 0.261 e. The summed E-state index contributed by atoms with van der Waals surface area (Å²) in [6, 6.07) is 22.2. The molecule has 3 rings (SSSR count). The van der Waals surface area contributed by atoms with Gasteiger partial charge in [0.1, 0.15) is 6.04 Å². The van der Waals surface area contributed by atoms with Crippen LogP contribution in [0, 0.1) is 5.82 Å². The summed E-state index contributed by atoms with van der Waals surface area (Å²) in [6.07, 6.45) is 0.335. The van der Waals surface area contributed by atoms with E-state index in [1.165, 1.54) is 17.0 Å². The van der Waals surface area contributed by atoms with Gasteiger partial charge in [-0.2, -0.15) is 0 Å². The zero-order valence-electron chi connectivity index (χ0n) is 19.2. The predicted octanol–water partition coefficient (Wildman–Crippen LogP) is 5.13. The molecule has 178 valence electrons. The monoisotopic (exact) mass is 526 g/mol. The summed E-state index contributed by atoms with van der Waals surface area (Å²) in [4.78, 5) is 28.2. The Labute approximate surface area is 208 Å². The van der Waals surface area contributed by atoms with Crippen molar-refractivity contribution in [2.45, 2.75) is 38.9 Å². The maximum absolute atomic E-state index is 14.0. The number of nitrogens with zero attached hydrogens (tertiary/aromatic N) is 1. The molecule has 0 aliphatic rings. The van der Waals surface area contributed by atoms with Gasteiger partial charge < -0.3 is 15.0 Å². The topological polar surface area (TPSA) is 58.6 Å². The minimum atomic E-state index is -0.773. The van der Waals surface area contributed by atoms with Gasteiger partial charge in [-0.05, 0) is 49.2 Å². The molecule has 0 aliphatic carbocycles. The third-order valence-corrected chi connectivity index (χ3v) is 5.68. The number of carbonyl (C=O) groups excluding carboxylic acids is 2. The van der Waals surface area contributed by atoms with E-state index in [1.54, 1.807) is 12.1 Å². The highest BCUT2D eigenvalue weighted by Gasteiger charge is 2.31. The van der Waals surface area contributed by atoms with Gasteiger partial charge in [0.25, 0.3) is 5.91 Å².